The molecule has 0 saturated carbocycles. The second-order valence-electron chi connectivity index (χ2n) is 6.37. The van der Waals surface area contributed by atoms with Gasteiger partial charge in [-0.05, 0) is 44.7 Å². The zero-order valence-electron chi connectivity index (χ0n) is 12.8. The Morgan fingerprint density at radius 3 is 2.48 bits per heavy atom. The summed E-state index contributed by atoms with van der Waals surface area (Å²) in [6.07, 6.45) is 4.80. The minimum Gasteiger partial charge on any atom is -0.342 e. The van der Waals surface area contributed by atoms with E-state index < -0.39 is 0 Å². The summed E-state index contributed by atoms with van der Waals surface area (Å²) >= 11 is 1.64. The molecule has 0 radical (unpaired) electrons. The molecule has 2 bridgehead atoms. The van der Waals surface area contributed by atoms with E-state index in [4.69, 9.17) is 0 Å². The third kappa shape index (κ3) is 3.61. The standard InChI is InChI=1S/C17H24N2OS/c1-12-3-7-16(8-4-12)21-11-17(20)19(2)15-9-13-5-6-14(10-15)18-13/h3-4,7-8,13-15,18H,5-6,9-11H2,1-2H3. The van der Waals surface area contributed by atoms with Gasteiger partial charge in [0.1, 0.15) is 0 Å². The molecule has 21 heavy (non-hydrogen) atoms. The molecule has 114 valence electrons. The van der Waals surface area contributed by atoms with E-state index in [1.807, 2.05) is 11.9 Å². The van der Waals surface area contributed by atoms with Crippen LogP contribution in [0.2, 0.25) is 0 Å². The first kappa shape index (κ1) is 14.9. The third-order valence-electron chi connectivity index (χ3n) is 4.77. The van der Waals surface area contributed by atoms with Gasteiger partial charge in [0.15, 0.2) is 0 Å². The Hall–Kier alpha value is -1.00. The minimum absolute atomic E-state index is 0.256. The fourth-order valence-electron chi connectivity index (χ4n) is 3.43. The molecule has 2 atom stereocenters. The number of carbonyl (C=O) groups is 1. The molecule has 2 aliphatic rings. The predicted molar refractivity (Wildman–Crippen MR) is 87.6 cm³/mol. The number of benzene rings is 1. The SMILES string of the molecule is Cc1ccc(SCC(=O)N(C)C2CC3CCC(C2)N3)cc1. The van der Waals surface area contributed by atoms with Crippen molar-refractivity contribution < 1.29 is 4.79 Å². The van der Waals surface area contributed by atoms with Crippen LogP contribution in [0.4, 0.5) is 0 Å². The van der Waals surface area contributed by atoms with E-state index in [1.165, 1.54) is 23.3 Å². The van der Waals surface area contributed by atoms with Crippen LogP contribution in [-0.2, 0) is 4.79 Å². The van der Waals surface area contributed by atoms with Crippen molar-refractivity contribution in [1.82, 2.24) is 10.2 Å². The molecule has 0 spiro atoms. The van der Waals surface area contributed by atoms with Gasteiger partial charge in [-0.15, -0.1) is 11.8 Å². The molecule has 2 fully saturated rings. The lowest BCUT2D eigenvalue weighted by molar-refractivity contribution is -0.129. The third-order valence-corrected chi connectivity index (χ3v) is 5.77. The number of hydrogen-bond donors (Lipinski definition) is 1. The Morgan fingerprint density at radius 2 is 1.86 bits per heavy atom. The van der Waals surface area contributed by atoms with Gasteiger partial charge >= 0.3 is 0 Å². The van der Waals surface area contributed by atoms with Gasteiger partial charge in [0.2, 0.25) is 5.91 Å². The van der Waals surface area contributed by atoms with Crippen molar-refractivity contribution in [2.24, 2.45) is 0 Å². The molecule has 3 rings (SSSR count). The summed E-state index contributed by atoms with van der Waals surface area (Å²) < 4.78 is 0. The lowest BCUT2D eigenvalue weighted by Gasteiger charge is -2.35. The molecule has 0 aliphatic carbocycles. The highest BCUT2D eigenvalue weighted by atomic mass is 32.2. The number of rotatable bonds is 4. The smallest absolute Gasteiger partial charge is 0.232 e. The van der Waals surface area contributed by atoms with Crippen molar-refractivity contribution in [2.75, 3.05) is 12.8 Å². The van der Waals surface area contributed by atoms with Gasteiger partial charge < -0.3 is 10.2 Å². The topological polar surface area (TPSA) is 32.3 Å². The number of nitrogens with zero attached hydrogens (tertiary/aromatic N) is 1. The van der Waals surface area contributed by atoms with Crippen molar-refractivity contribution in [2.45, 2.75) is 55.6 Å². The second kappa shape index (κ2) is 6.41. The number of fused-ring (bicyclic) bond motifs is 2. The number of carbonyl (C=O) groups excluding carboxylic acids is 1. The highest BCUT2D eigenvalue weighted by Crippen LogP contribution is 2.29. The van der Waals surface area contributed by atoms with Gasteiger partial charge in [-0.2, -0.15) is 0 Å². The van der Waals surface area contributed by atoms with Crippen molar-refractivity contribution >= 4 is 17.7 Å². The number of thioether (sulfide) groups is 1. The van der Waals surface area contributed by atoms with Gasteiger partial charge in [0, 0.05) is 30.1 Å². The Balaban J connectivity index is 1.51. The summed E-state index contributed by atoms with van der Waals surface area (Å²) in [4.78, 5) is 15.6. The molecule has 1 aromatic rings. The summed E-state index contributed by atoms with van der Waals surface area (Å²) in [6, 6.07) is 10.1. The zero-order valence-corrected chi connectivity index (χ0v) is 13.7. The van der Waals surface area contributed by atoms with Crippen molar-refractivity contribution in [3.63, 3.8) is 0 Å². The number of hydrogen-bond acceptors (Lipinski definition) is 3. The first-order valence-corrected chi connectivity index (χ1v) is 8.81. The molecular formula is C17H24N2OS. The number of amides is 1. The monoisotopic (exact) mass is 304 g/mol. The average molecular weight is 304 g/mol. The maximum Gasteiger partial charge on any atom is 0.232 e. The van der Waals surface area contributed by atoms with Crippen LogP contribution in [0.5, 0.6) is 0 Å². The van der Waals surface area contributed by atoms with E-state index in [-0.39, 0.29) is 5.91 Å². The minimum atomic E-state index is 0.256. The molecule has 1 amide bonds. The van der Waals surface area contributed by atoms with Gasteiger partial charge in [0.25, 0.3) is 0 Å². The van der Waals surface area contributed by atoms with Crippen molar-refractivity contribution in [1.29, 1.82) is 0 Å². The summed E-state index contributed by atoms with van der Waals surface area (Å²) in [5.41, 5.74) is 1.26. The van der Waals surface area contributed by atoms with E-state index in [2.05, 4.69) is 36.5 Å². The maximum absolute atomic E-state index is 12.4. The molecule has 4 heteroatoms. The first-order valence-electron chi connectivity index (χ1n) is 7.83. The maximum atomic E-state index is 12.4. The van der Waals surface area contributed by atoms with Crippen LogP contribution >= 0.6 is 11.8 Å². The Kier molecular flexibility index (Phi) is 4.55. The van der Waals surface area contributed by atoms with E-state index in [0.717, 1.165) is 12.8 Å². The van der Waals surface area contributed by atoms with Gasteiger partial charge in [0.05, 0.1) is 5.75 Å². The highest BCUT2D eigenvalue weighted by Gasteiger charge is 2.36. The van der Waals surface area contributed by atoms with Crippen LogP contribution < -0.4 is 5.32 Å². The Morgan fingerprint density at radius 1 is 1.24 bits per heavy atom. The molecular weight excluding hydrogens is 280 g/mol. The fraction of sp³-hybridized carbons (Fsp3) is 0.588. The number of aryl methyl sites for hydroxylation is 1. The molecule has 2 unspecified atom stereocenters. The Bertz CT molecular complexity index is 490. The summed E-state index contributed by atoms with van der Waals surface area (Å²) in [7, 11) is 1.98. The van der Waals surface area contributed by atoms with Gasteiger partial charge in [-0.1, -0.05) is 17.7 Å². The molecule has 2 saturated heterocycles. The highest BCUT2D eigenvalue weighted by molar-refractivity contribution is 8.00. The van der Waals surface area contributed by atoms with Crippen LogP contribution in [-0.4, -0.2) is 41.7 Å². The van der Waals surface area contributed by atoms with E-state index in [1.54, 1.807) is 11.8 Å². The molecule has 1 aromatic carbocycles. The number of nitrogens with one attached hydrogen (secondary N) is 1. The van der Waals surface area contributed by atoms with Crippen molar-refractivity contribution in [3.05, 3.63) is 29.8 Å². The number of piperidine rings is 1. The molecule has 2 heterocycles. The van der Waals surface area contributed by atoms with Crippen LogP contribution in [0.3, 0.4) is 0 Å². The van der Waals surface area contributed by atoms with Crippen LogP contribution in [0.25, 0.3) is 0 Å². The van der Waals surface area contributed by atoms with Crippen molar-refractivity contribution in [3.8, 4) is 0 Å². The summed E-state index contributed by atoms with van der Waals surface area (Å²) in [5, 5.41) is 3.63. The van der Waals surface area contributed by atoms with Gasteiger partial charge in [-0.3, -0.25) is 4.79 Å². The summed E-state index contributed by atoms with van der Waals surface area (Å²) in [6.45, 7) is 2.08. The predicted octanol–water partition coefficient (Wildman–Crippen LogP) is 2.83. The van der Waals surface area contributed by atoms with Crippen LogP contribution in [0.15, 0.2) is 29.2 Å². The van der Waals surface area contributed by atoms with E-state index in [9.17, 15) is 4.79 Å². The van der Waals surface area contributed by atoms with Crippen LogP contribution in [0, 0.1) is 6.92 Å². The molecule has 0 aromatic heterocycles. The van der Waals surface area contributed by atoms with Gasteiger partial charge in [-0.25, -0.2) is 0 Å². The zero-order chi connectivity index (χ0) is 14.8. The second-order valence-corrected chi connectivity index (χ2v) is 7.42. The first-order chi connectivity index (χ1) is 10.1. The quantitative estimate of drug-likeness (QED) is 0.868. The molecule has 1 N–H and O–H groups in total. The Labute approximate surface area is 131 Å². The fourth-order valence-corrected chi connectivity index (χ4v) is 4.25. The van der Waals surface area contributed by atoms with E-state index >= 15 is 0 Å². The largest absolute Gasteiger partial charge is 0.342 e. The lowest BCUT2D eigenvalue weighted by atomic mass is 9.98. The normalized spacial score (nSPS) is 27.6. The van der Waals surface area contributed by atoms with E-state index in [0.29, 0.717) is 23.9 Å². The molecule has 2 aliphatic heterocycles. The summed E-state index contributed by atoms with van der Waals surface area (Å²) in [5.74, 6) is 0.797. The molecule has 3 nitrogen and oxygen atoms in total. The lowest BCUT2D eigenvalue weighted by Crippen LogP contribution is -2.49. The average Bonchev–Trinajstić information content (AvgIpc) is 2.84. The van der Waals surface area contributed by atoms with Crippen LogP contribution in [0.1, 0.15) is 31.2 Å².